The third-order valence-corrected chi connectivity index (χ3v) is 5.12. The molecule has 0 unspecified atom stereocenters. The summed E-state index contributed by atoms with van der Waals surface area (Å²) >= 11 is 7.66. The van der Waals surface area contributed by atoms with Crippen molar-refractivity contribution < 1.29 is 14.3 Å². The molecule has 27 heavy (non-hydrogen) atoms. The van der Waals surface area contributed by atoms with Gasteiger partial charge in [0.1, 0.15) is 5.75 Å². The van der Waals surface area contributed by atoms with Gasteiger partial charge >= 0.3 is 0 Å². The number of rotatable bonds is 8. The Bertz CT molecular complexity index is 814. The Morgan fingerprint density at radius 2 is 1.96 bits per heavy atom. The molecule has 0 saturated carbocycles. The van der Waals surface area contributed by atoms with Crippen LogP contribution >= 0.6 is 23.4 Å². The smallest absolute Gasteiger partial charge is 0.244 e. The molecule has 0 heterocycles. The van der Waals surface area contributed by atoms with Crippen molar-refractivity contribution in [2.75, 3.05) is 32.3 Å². The van der Waals surface area contributed by atoms with Gasteiger partial charge in [-0.3, -0.25) is 9.59 Å². The second-order valence-corrected chi connectivity index (χ2v) is 7.22. The number of hydrogen-bond acceptors (Lipinski definition) is 4. The van der Waals surface area contributed by atoms with E-state index in [4.69, 9.17) is 16.3 Å². The molecule has 1 N–H and O–H groups in total. The number of hydrogen-bond donors (Lipinski definition) is 1. The van der Waals surface area contributed by atoms with Crippen molar-refractivity contribution in [2.45, 2.75) is 17.7 Å². The lowest BCUT2D eigenvalue weighted by Gasteiger charge is -2.17. The molecule has 0 bridgehead atoms. The molecule has 0 aromatic heterocycles. The minimum Gasteiger partial charge on any atom is -0.495 e. The number of nitrogens with zero attached hydrogens (tertiary/aromatic N) is 1. The topological polar surface area (TPSA) is 58.6 Å². The van der Waals surface area contributed by atoms with Gasteiger partial charge in [0.05, 0.1) is 24.4 Å². The fourth-order valence-corrected chi connectivity index (χ4v) is 3.38. The SMILES string of the molecule is COc1ccc(CCC(=O)N(C)CC(=O)Nc2ccccc2SC)cc1Cl. The van der Waals surface area contributed by atoms with Crippen LogP contribution in [0, 0.1) is 0 Å². The van der Waals surface area contributed by atoms with Crippen LogP contribution in [0.4, 0.5) is 5.69 Å². The monoisotopic (exact) mass is 406 g/mol. The standard InChI is InChI=1S/C20H23ClN2O3S/c1-23(13-19(24)22-16-6-4-5-7-18(16)27-3)20(25)11-9-14-8-10-17(26-2)15(21)12-14/h4-8,10,12H,9,11,13H2,1-3H3,(H,22,24). The van der Waals surface area contributed by atoms with Crippen LogP contribution in [0.25, 0.3) is 0 Å². The summed E-state index contributed by atoms with van der Waals surface area (Å²) in [7, 11) is 3.19. The number of amides is 2. The number of ether oxygens (including phenoxy) is 1. The summed E-state index contributed by atoms with van der Waals surface area (Å²) in [6.07, 6.45) is 2.80. The number of methoxy groups -OCH3 is 1. The van der Waals surface area contributed by atoms with Crippen molar-refractivity contribution >= 4 is 40.9 Å². The van der Waals surface area contributed by atoms with Crippen molar-refractivity contribution in [1.82, 2.24) is 4.90 Å². The number of carbonyl (C=O) groups is 2. The predicted octanol–water partition coefficient (Wildman–Crippen LogP) is 4.10. The lowest BCUT2D eigenvalue weighted by molar-refractivity contribution is -0.133. The van der Waals surface area contributed by atoms with E-state index in [1.807, 2.05) is 36.6 Å². The van der Waals surface area contributed by atoms with Crippen LogP contribution in [0.2, 0.25) is 5.02 Å². The molecule has 2 aromatic rings. The van der Waals surface area contributed by atoms with Gasteiger partial charge in [-0.1, -0.05) is 29.8 Å². The number of anilines is 1. The fourth-order valence-electron chi connectivity index (χ4n) is 2.55. The van der Waals surface area contributed by atoms with Crippen LogP contribution in [0.3, 0.4) is 0 Å². The second kappa shape index (κ2) is 10.2. The molecule has 0 aliphatic rings. The van der Waals surface area contributed by atoms with Gasteiger partial charge < -0.3 is 15.0 Å². The molecule has 5 nitrogen and oxygen atoms in total. The average molecular weight is 407 g/mol. The largest absolute Gasteiger partial charge is 0.495 e. The Labute approximate surface area is 169 Å². The van der Waals surface area contributed by atoms with Crippen LogP contribution in [-0.2, 0) is 16.0 Å². The predicted molar refractivity (Wildman–Crippen MR) is 111 cm³/mol. The number of aryl methyl sites for hydroxylation is 1. The summed E-state index contributed by atoms with van der Waals surface area (Å²) in [5.74, 6) is 0.279. The third-order valence-electron chi connectivity index (χ3n) is 4.03. The summed E-state index contributed by atoms with van der Waals surface area (Å²) in [6.45, 7) is 0.00488. The van der Waals surface area contributed by atoms with E-state index < -0.39 is 0 Å². The van der Waals surface area contributed by atoms with Crippen LogP contribution in [0.1, 0.15) is 12.0 Å². The van der Waals surface area contributed by atoms with E-state index >= 15 is 0 Å². The van der Waals surface area contributed by atoms with Crippen LogP contribution < -0.4 is 10.1 Å². The Balaban J connectivity index is 1.86. The van der Waals surface area contributed by atoms with Gasteiger partial charge in [-0.05, 0) is 42.5 Å². The molecule has 144 valence electrons. The normalized spacial score (nSPS) is 10.4. The minimum absolute atomic E-state index is 0.00488. The first kappa shape index (κ1) is 21.1. The van der Waals surface area contributed by atoms with Gasteiger partial charge in [-0.2, -0.15) is 0 Å². The molecule has 0 spiro atoms. The van der Waals surface area contributed by atoms with E-state index in [1.165, 1.54) is 4.90 Å². The number of para-hydroxylation sites is 1. The first-order chi connectivity index (χ1) is 12.9. The third kappa shape index (κ3) is 6.19. The molecule has 0 saturated heterocycles. The highest BCUT2D eigenvalue weighted by Crippen LogP contribution is 2.26. The van der Waals surface area contributed by atoms with Crippen LogP contribution in [-0.4, -0.2) is 43.7 Å². The number of thioether (sulfide) groups is 1. The Hall–Kier alpha value is -2.18. The van der Waals surface area contributed by atoms with E-state index in [9.17, 15) is 9.59 Å². The van der Waals surface area contributed by atoms with Crippen molar-refractivity contribution in [3.63, 3.8) is 0 Å². The molecular weight excluding hydrogens is 384 g/mol. The lowest BCUT2D eigenvalue weighted by atomic mass is 10.1. The van der Waals surface area contributed by atoms with E-state index in [1.54, 1.807) is 38.1 Å². The molecule has 0 atom stereocenters. The highest BCUT2D eigenvalue weighted by molar-refractivity contribution is 7.98. The molecule has 2 rings (SSSR count). The number of benzene rings is 2. The lowest BCUT2D eigenvalue weighted by Crippen LogP contribution is -2.35. The summed E-state index contributed by atoms with van der Waals surface area (Å²) in [5, 5.41) is 3.37. The summed E-state index contributed by atoms with van der Waals surface area (Å²) in [4.78, 5) is 27.0. The van der Waals surface area contributed by atoms with Crippen LogP contribution in [0.5, 0.6) is 5.75 Å². The van der Waals surface area contributed by atoms with Crippen LogP contribution in [0.15, 0.2) is 47.4 Å². The molecule has 7 heteroatoms. The average Bonchev–Trinajstić information content (AvgIpc) is 2.66. The minimum atomic E-state index is -0.222. The maximum absolute atomic E-state index is 12.3. The number of halogens is 1. The number of carbonyl (C=O) groups excluding carboxylic acids is 2. The zero-order valence-corrected chi connectivity index (χ0v) is 17.2. The highest BCUT2D eigenvalue weighted by atomic mass is 35.5. The molecule has 0 aliphatic heterocycles. The molecular formula is C20H23ClN2O3S. The van der Waals surface area contributed by atoms with Gasteiger partial charge in [-0.25, -0.2) is 0 Å². The first-order valence-corrected chi connectivity index (χ1v) is 10.0. The second-order valence-electron chi connectivity index (χ2n) is 5.97. The van der Waals surface area contributed by atoms with E-state index in [2.05, 4.69) is 5.32 Å². The summed E-state index contributed by atoms with van der Waals surface area (Å²) in [6, 6.07) is 13.0. The maximum Gasteiger partial charge on any atom is 0.244 e. The van der Waals surface area contributed by atoms with E-state index in [0.29, 0.717) is 23.6 Å². The Morgan fingerprint density at radius 1 is 1.22 bits per heavy atom. The fraction of sp³-hybridized carbons (Fsp3) is 0.300. The number of likely N-dealkylation sites (N-methyl/N-ethyl adjacent to an activating group) is 1. The molecule has 2 amide bonds. The molecule has 0 radical (unpaired) electrons. The molecule has 2 aromatic carbocycles. The highest BCUT2D eigenvalue weighted by Gasteiger charge is 2.14. The molecule has 0 aliphatic carbocycles. The van der Waals surface area contributed by atoms with Gasteiger partial charge in [0.15, 0.2) is 0 Å². The molecule has 0 fully saturated rings. The van der Waals surface area contributed by atoms with Crippen molar-refractivity contribution in [3.05, 3.63) is 53.1 Å². The van der Waals surface area contributed by atoms with E-state index in [-0.39, 0.29) is 18.4 Å². The van der Waals surface area contributed by atoms with Gasteiger partial charge in [-0.15, -0.1) is 11.8 Å². The summed E-state index contributed by atoms with van der Waals surface area (Å²) in [5.41, 5.74) is 1.70. The van der Waals surface area contributed by atoms with Gasteiger partial charge in [0, 0.05) is 18.4 Å². The first-order valence-electron chi connectivity index (χ1n) is 8.44. The van der Waals surface area contributed by atoms with Crippen molar-refractivity contribution in [2.24, 2.45) is 0 Å². The number of nitrogens with one attached hydrogen (secondary N) is 1. The quantitative estimate of drug-likeness (QED) is 0.670. The zero-order chi connectivity index (χ0) is 19.8. The maximum atomic E-state index is 12.3. The van der Waals surface area contributed by atoms with Gasteiger partial charge in [0.2, 0.25) is 11.8 Å². The van der Waals surface area contributed by atoms with Crippen molar-refractivity contribution in [1.29, 1.82) is 0 Å². The Morgan fingerprint density at radius 3 is 2.63 bits per heavy atom. The van der Waals surface area contributed by atoms with E-state index in [0.717, 1.165) is 16.1 Å². The Kier molecular flexibility index (Phi) is 8.00. The zero-order valence-electron chi connectivity index (χ0n) is 15.6. The van der Waals surface area contributed by atoms with Gasteiger partial charge in [0.25, 0.3) is 0 Å². The summed E-state index contributed by atoms with van der Waals surface area (Å²) < 4.78 is 5.12. The van der Waals surface area contributed by atoms with Crippen molar-refractivity contribution in [3.8, 4) is 5.75 Å².